The molecule has 1 aromatic rings. The molecule has 0 amide bonds. The molecule has 0 heterocycles. The van der Waals surface area contributed by atoms with Crippen molar-refractivity contribution in [2.75, 3.05) is 13.2 Å². The number of halogens is 1. The van der Waals surface area contributed by atoms with E-state index in [1.807, 2.05) is 0 Å². The minimum absolute atomic E-state index is 0.262. The summed E-state index contributed by atoms with van der Waals surface area (Å²) in [6.45, 7) is 1.13. The number of hydrogen-bond acceptors (Lipinski definition) is 2. The van der Waals surface area contributed by atoms with Crippen molar-refractivity contribution in [3.63, 3.8) is 0 Å². The average molecular weight is 223 g/mol. The van der Waals surface area contributed by atoms with E-state index in [9.17, 15) is 4.39 Å². The Bertz CT molecular complexity index is 347. The van der Waals surface area contributed by atoms with Gasteiger partial charge >= 0.3 is 0 Å². The zero-order valence-corrected chi connectivity index (χ0v) is 8.97. The van der Waals surface area contributed by atoms with Crippen LogP contribution < -0.4 is 4.74 Å². The van der Waals surface area contributed by atoms with Crippen LogP contribution in [0, 0.1) is 5.82 Å². The normalized spacial score (nSPS) is 9.56. The third kappa shape index (κ3) is 5.22. The quantitative estimate of drug-likeness (QED) is 0.301. The fourth-order valence-electron chi connectivity index (χ4n) is 1.23. The number of unbranched alkanes of at least 4 members (excludes halogenated alkanes) is 2. The Morgan fingerprint density at radius 3 is 2.62 bits per heavy atom. The summed E-state index contributed by atoms with van der Waals surface area (Å²) in [5.74, 6) is 0.415. The van der Waals surface area contributed by atoms with Gasteiger partial charge in [0.25, 0.3) is 0 Å². The third-order valence-electron chi connectivity index (χ3n) is 2.05. The monoisotopic (exact) mass is 223 g/mol. The second-order valence-corrected chi connectivity index (χ2v) is 3.32. The maximum absolute atomic E-state index is 12.6. The third-order valence-corrected chi connectivity index (χ3v) is 2.05. The van der Waals surface area contributed by atoms with E-state index in [0.29, 0.717) is 18.9 Å². The number of azide groups is 1. The van der Waals surface area contributed by atoms with Gasteiger partial charge in [-0.15, -0.1) is 0 Å². The fourth-order valence-corrected chi connectivity index (χ4v) is 1.23. The topological polar surface area (TPSA) is 58.0 Å². The summed E-state index contributed by atoms with van der Waals surface area (Å²) in [5, 5.41) is 3.44. The van der Waals surface area contributed by atoms with Gasteiger partial charge in [0.1, 0.15) is 11.6 Å². The van der Waals surface area contributed by atoms with Crippen LogP contribution in [0.3, 0.4) is 0 Å². The van der Waals surface area contributed by atoms with Crippen LogP contribution in [-0.4, -0.2) is 13.2 Å². The number of benzene rings is 1. The average Bonchev–Trinajstić information content (AvgIpc) is 2.30. The van der Waals surface area contributed by atoms with E-state index >= 15 is 0 Å². The Balaban J connectivity index is 2.07. The molecular formula is C11H14FN3O. The Morgan fingerprint density at radius 1 is 1.19 bits per heavy atom. The second kappa shape index (κ2) is 7.54. The maximum atomic E-state index is 12.6. The summed E-state index contributed by atoms with van der Waals surface area (Å²) in [4.78, 5) is 2.67. The highest BCUT2D eigenvalue weighted by molar-refractivity contribution is 5.21. The standard InChI is InChI=1S/C11H14FN3O/c12-10-4-6-11(7-5-10)16-9-3-1-2-8-14-15-13/h4-7H,1-3,8-9H2. The van der Waals surface area contributed by atoms with Gasteiger partial charge in [-0.1, -0.05) is 5.11 Å². The van der Waals surface area contributed by atoms with Crippen LogP contribution in [0.5, 0.6) is 5.75 Å². The van der Waals surface area contributed by atoms with Crippen LogP contribution >= 0.6 is 0 Å². The SMILES string of the molecule is [N-]=[N+]=NCCCCCOc1ccc(F)cc1. The second-order valence-electron chi connectivity index (χ2n) is 3.32. The van der Waals surface area contributed by atoms with E-state index < -0.39 is 0 Å². The Hall–Kier alpha value is -1.74. The lowest BCUT2D eigenvalue weighted by molar-refractivity contribution is 0.305. The first-order valence-corrected chi connectivity index (χ1v) is 5.22. The smallest absolute Gasteiger partial charge is 0.123 e. The minimum atomic E-state index is -0.262. The predicted molar refractivity (Wildman–Crippen MR) is 59.8 cm³/mol. The molecule has 4 nitrogen and oxygen atoms in total. The largest absolute Gasteiger partial charge is 0.494 e. The van der Waals surface area contributed by atoms with Crippen LogP contribution in [0.1, 0.15) is 19.3 Å². The van der Waals surface area contributed by atoms with Crippen molar-refractivity contribution in [2.24, 2.45) is 5.11 Å². The molecule has 5 heteroatoms. The van der Waals surface area contributed by atoms with Crippen molar-refractivity contribution in [1.82, 2.24) is 0 Å². The van der Waals surface area contributed by atoms with Crippen molar-refractivity contribution >= 4 is 0 Å². The Morgan fingerprint density at radius 2 is 1.94 bits per heavy atom. The highest BCUT2D eigenvalue weighted by Crippen LogP contribution is 2.11. The summed E-state index contributed by atoms with van der Waals surface area (Å²) < 4.78 is 18.0. The van der Waals surface area contributed by atoms with Gasteiger partial charge in [0.2, 0.25) is 0 Å². The first kappa shape index (κ1) is 12.3. The Labute approximate surface area is 93.7 Å². The first-order chi connectivity index (χ1) is 7.83. The molecule has 1 aromatic carbocycles. The molecule has 1 rings (SSSR count). The lowest BCUT2D eigenvalue weighted by atomic mass is 10.2. The van der Waals surface area contributed by atoms with Crippen LogP contribution in [0.25, 0.3) is 10.4 Å². The highest BCUT2D eigenvalue weighted by atomic mass is 19.1. The van der Waals surface area contributed by atoms with E-state index in [0.717, 1.165) is 19.3 Å². The number of rotatable bonds is 7. The molecule has 0 fully saturated rings. The van der Waals surface area contributed by atoms with Gasteiger partial charge < -0.3 is 4.74 Å². The molecule has 0 aromatic heterocycles. The van der Waals surface area contributed by atoms with E-state index in [-0.39, 0.29) is 5.82 Å². The molecule has 16 heavy (non-hydrogen) atoms. The predicted octanol–water partition coefficient (Wildman–Crippen LogP) is 3.69. The fraction of sp³-hybridized carbons (Fsp3) is 0.455. The minimum Gasteiger partial charge on any atom is -0.494 e. The lowest BCUT2D eigenvalue weighted by Crippen LogP contribution is -1.97. The molecule has 0 spiro atoms. The van der Waals surface area contributed by atoms with Crippen LogP contribution in [-0.2, 0) is 0 Å². The maximum Gasteiger partial charge on any atom is 0.123 e. The summed E-state index contributed by atoms with van der Waals surface area (Å²) >= 11 is 0. The molecule has 86 valence electrons. The van der Waals surface area contributed by atoms with Crippen LogP contribution in [0.15, 0.2) is 29.4 Å². The molecule has 0 saturated carbocycles. The molecular weight excluding hydrogens is 209 g/mol. The van der Waals surface area contributed by atoms with Gasteiger partial charge in [-0.25, -0.2) is 4.39 Å². The molecule has 0 bridgehead atoms. The van der Waals surface area contributed by atoms with Crippen molar-refractivity contribution in [3.05, 3.63) is 40.5 Å². The molecule has 0 N–H and O–H groups in total. The number of nitrogens with zero attached hydrogens (tertiary/aromatic N) is 3. The van der Waals surface area contributed by atoms with Gasteiger partial charge in [-0.2, -0.15) is 0 Å². The molecule has 0 aliphatic carbocycles. The lowest BCUT2D eigenvalue weighted by Gasteiger charge is -2.05. The molecule has 0 atom stereocenters. The molecule has 0 unspecified atom stereocenters. The molecule has 0 aliphatic rings. The summed E-state index contributed by atoms with van der Waals surface area (Å²) in [6.07, 6.45) is 2.73. The summed E-state index contributed by atoms with van der Waals surface area (Å²) in [7, 11) is 0. The van der Waals surface area contributed by atoms with Gasteiger partial charge in [-0.3, -0.25) is 0 Å². The van der Waals surface area contributed by atoms with E-state index in [1.165, 1.54) is 12.1 Å². The van der Waals surface area contributed by atoms with E-state index in [4.69, 9.17) is 10.3 Å². The van der Waals surface area contributed by atoms with Crippen molar-refractivity contribution in [3.8, 4) is 5.75 Å². The zero-order chi connectivity index (χ0) is 11.6. The van der Waals surface area contributed by atoms with Gasteiger partial charge in [-0.05, 0) is 49.1 Å². The van der Waals surface area contributed by atoms with Crippen molar-refractivity contribution in [2.45, 2.75) is 19.3 Å². The van der Waals surface area contributed by atoms with Gasteiger partial charge in [0.15, 0.2) is 0 Å². The van der Waals surface area contributed by atoms with Crippen molar-refractivity contribution in [1.29, 1.82) is 0 Å². The molecule has 0 saturated heterocycles. The molecule has 0 radical (unpaired) electrons. The van der Waals surface area contributed by atoms with Crippen LogP contribution in [0.4, 0.5) is 4.39 Å². The Kier molecular flexibility index (Phi) is 5.81. The van der Waals surface area contributed by atoms with Crippen molar-refractivity contribution < 1.29 is 9.13 Å². The first-order valence-electron chi connectivity index (χ1n) is 5.22. The number of ether oxygens (including phenoxy) is 1. The zero-order valence-electron chi connectivity index (χ0n) is 8.97. The number of hydrogen-bond donors (Lipinski definition) is 0. The van der Waals surface area contributed by atoms with E-state index in [2.05, 4.69) is 10.0 Å². The highest BCUT2D eigenvalue weighted by Gasteiger charge is 1.94. The summed E-state index contributed by atoms with van der Waals surface area (Å²) in [6, 6.07) is 5.96. The van der Waals surface area contributed by atoms with Gasteiger partial charge in [0, 0.05) is 11.5 Å². The molecule has 0 aliphatic heterocycles. The van der Waals surface area contributed by atoms with Crippen LogP contribution in [0.2, 0.25) is 0 Å². The summed E-state index contributed by atoms with van der Waals surface area (Å²) in [5.41, 5.74) is 8.04. The van der Waals surface area contributed by atoms with E-state index in [1.54, 1.807) is 12.1 Å². The van der Waals surface area contributed by atoms with Gasteiger partial charge in [0.05, 0.1) is 6.61 Å².